The molecular formula is C23H34O8. The molecule has 0 aromatic carbocycles. The van der Waals surface area contributed by atoms with Crippen molar-refractivity contribution in [3.63, 3.8) is 0 Å². The van der Waals surface area contributed by atoms with Crippen LogP contribution < -0.4 is 0 Å². The minimum absolute atomic E-state index is 0.201. The number of aldehydes is 1. The molecule has 2 aliphatic carbocycles. The van der Waals surface area contributed by atoms with Gasteiger partial charge in [0.25, 0.3) is 0 Å². The zero-order valence-electron chi connectivity index (χ0n) is 18.5. The summed E-state index contributed by atoms with van der Waals surface area (Å²) < 4.78 is 10.6. The first kappa shape index (κ1) is 23.9. The predicted octanol–water partition coefficient (Wildman–Crippen LogP) is 1.64. The van der Waals surface area contributed by atoms with Gasteiger partial charge in [0, 0.05) is 0 Å². The van der Waals surface area contributed by atoms with Crippen LogP contribution in [0.3, 0.4) is 0 Å². The first-order chi connectivity index (χ1) is 14.6. The van der Waals surface area contributed by atoms with Gasteiger partial charge in [-0.1, -0.05) is 52.5 Å². The van der Waals surface area contributed by atoms with Crippen LogP contribution in [-0.4, -0.2) is 58.1 Å². The van der Waals surface area contributed by atoms with Gasteiger partial charge >= 0.3 is 11.9 Å². The molecule has 3 rings (SSSR count). The van der Waals surface area contributed by atoms with Crippen molar-refractivity contribution < 1.29 is 39.2 Å². The third-order valence-corrected chi connectivity index (χ3v) is 7.43. The SMILES string of the molecule is CCCCCC[C@H](O)C(=O)O[C@H]1CC(C)(C)[C@@H]2CC=C(C=O)[C@@H]3[C@@H](O)OC(=O)[C@@]32[C@H]1O. The third kappa shape index (κ3) is 3.94. The highest BCUT2D eigenvalue weighted by Crippen LogP contribution is 2.63. The highest BCUT2D eigenvalue weighted by molar-refractivity contribution is 5.87. The van der Waals surface area contributed by atoms with Crippen molar-refractivity contribution in [2.45, 2.75) is 90.3 Å². The number of carbonyl (C=O) groups is 3. The van der Waals surface area contributed by atoms with Crippen molar-refractivity contribution in [3.05, 3.63) is 11.6 Å². The topological polar surface area (TPSA) is 130 Å². The molecule has 0 unspecified atom stereocenters. The molecule has 0 aromatic heterocycles. The fourth-order valence-corrected chi connectivity index (χ4v) is 5.91. The van der Waals surface area contributed by atoms with Gasteiger partial charge in [0.1, 0.15) is 23.9 Å². The van der Waals surface area contributed by atoms with E-state index in [1.807, 2.05) is 13.8 Å². The summed E-state index contributed by atoms with van der Waals surface area (Å²) in [7, 11) is 0. The first-order valence-electron chi connectivity index (χ1n) is 11.2. The Morgan fingerprint density at radius 3 is 2.68 bits per heavy atom. The molecule has 174 valence electrons. The predicted molar refractivity (Wildman–Crippen MR) is 109 cm³/mol. The van der Waals surface area contributed by atoms with E-state index in [-0.39, 0.29) is 18.4 Å². The monoisotopic (exact) mass is 438 g/mol. The van der Waals surface area contributed by atoms with Gasteiger partial charge in [-0.05, 0) is 36.2 Å². The summed E-state index contributed by atoms with van der Waals surface area (Å²) in [4.78, 5) is 37.2. The summed E-state index contributed by atoms with van der Waals surface area (Å²) in [5.41, 5.74) is -1.96. The minimum atomic E-state index is -1.59. The van der Waals surface area contributed by atoms with Gasteiger partial charge in [-0.2, -0.15) is 0 Å². The van der Waals surface area contributed by atoms with Crippen LogP contribution in [0.5, 0.6) is 0 Å². The number of carbonyl (C=O) groups excluding carboxylic acids is 3. The zero-order valence-corrected chi connectivity index (χ0v) is 18.5. The van der Waals surface area contributed by atoms with Gasteiger partial charge in [0.2, 0.25) is 6.29 Å². The number of aliphatic hydroxyl groups is 3. The van der Waals surface area contributed by atoms with Crippen molar-refractivity contribution in [2.75, 3.05) is 0 Å². The molecule has 3 aliphatic rings. The summed E-state index contributed by atoms with van der Waals surface area (Å²) in [6, 6.07) is 0. The summed E-state index contributed by atoms with van der Waals surface area (Å²) in [5.74, 6) is -3.08. The number of rotatable bonds is 8. The fraction of sp³-hybridized carbons (Fsp3) is 0.783. The maximum absolute atomic E-state index is 13.0. The number of hydrogen-bond acceptors (Lipinski definition) is 8. The van der Waals surface area contributed by atoms with E-state index in [0.29, 0.717) is 19.1 Å². The van der Waals surface area contributed by atoms with Gasteiger partial charge < -0.3 is 24.8 Å². The second-order valence-corrected chi connectivity index (χ2v) is 9.79. The van der Waals surface area contributed by atoms with Crippen LogP contribution in [0, 0.1) is 22.7 Å². The van der Waals surface area contributed by atoms with Crippen LogP contribution in [0.15, 0.2) is 11.6 Å². The van der Waals surface area contributed by atoms with Crippen LogP contribution in [-0.2, 0) is 23.9 Å². The lowest BCUT2D eigenvalue weighted by Gasteiger charge is -2.56. The van der Waals surface area contributed by atoms with Crippen molar-refractivity contribution in [3.8, 4) is 0 Å². The van der Waals surface area contributed by atoms with E-state index in [2.05, 4.69) is 6.92 Å². The van der Waals surface area contributed by atoms with Crippen LogP contribution >= 0.6 is 0 Å². The highest BCUT2D eigenvalue weighted by atomic mass is 16.6. The van der Waals surface area contributed by atoms with Crippen molar-refractivity contribution in [1.29, 1.82) is 0 Å². The van der Waals surface area contributed by atoms with E-state index in [1.165, 1.54) is 0 Å². The van der Waals surface area contributed by atoms with Crippen LogP contribution in [0.4, 0.5) is 0 Å². The molecule has 7 atom stereocenters. The molecule has 1 spiro atoms. The van der Waals surface area contributed by atoms with E-state index >= 15 is 0 Å². The quantitative estimate of drug-likeness (QED) is 0.296. The Morgan fingerprint density at radius 2 is 2.03 bits per heavy atom. The summed E-state index contributed by atoms with van der Waals surface area (Å²) in [6.07, 6.45) is 1.37. The molecule has 1 saturated heterocycles. The number of allylic oxidation sites excluding steroid dienone is 1. The van der Waals surface area contributed by atoms with E-state index in [1.54, 1.807) is 6.08 Å². The molecule has 3 N–H and O–H groups in total. The van der Waals surface area contributed by atoms with E-state index in [0.717, 1.165) is 19.3 Å². The molecule has 8 nitrogen and oxygen atoms in total. The summed E-state index contributed by atoms with van der Waals surface area (Å²) in [5, 5.41) is 31.9. The lowest BCUT2D eigenvalue weighted by Crippen LogP contribution is -2.65. The molecule has 0 aromatic rings. The molecule has 1 aliphatic heterocycles. The Morgan fingerprint density at radius 1 is 1.32 bits per heavy atom. The van der Waals surface area contributed by atoms with E-state index in [4.69, 9.17) is 9.47 Å². The highest BCUT2D eigenvalue weighted by Gasteiger charge is 2.73. The number of cyclic esters (lactones) is 1. The molecule has 31 heavy (non-hydrogen) atoms. The third-order valence-electron chi connectivity index (χ3n) is 7.43. The van der Waals surface area contributed by atoms with Crippen molar-refractivity contribution >= 4 is 18.2 Å². The molecular weight excluding hydrogens is 404 g/mol. The number of ether oxygens (including phenoxy) is 2. The van der Waals surface area contributed by atoms with Gasteiger partial charge in [0.05, 0.1) is 5.92 Å². The lowest BCUT2D eigenvalue weighted by atomic mass is 9.46. The van der Waals surface area contributed by atoms with Crippen LogP contribution in [0.2, 0.25) is 0 Å². The number of esters is 2. The normalized spacial score (nSPS) is 37.2. The second-order valence-electron chi connectivity index (χ2n) is 9.79. The molecule has 0 radical (unpaired) electrons. The number of unbranched alkanes of at least 4 members (excludes halogenated alkanes) is 3. The lowest BCUT2D eigenvalue weighted by molar-refractivity contribution is -0.211. The number of aliphatic hydroxyl groups excluding tert-OH is 3. The van der Waals surface area contributed by atoms with E-state index < -0.39 is 59.2 Å². The Kier molecular flexibility index (Phi) is 6.93. The second kappa shape index (κ2) is 9.00. The van der Waals surface area contributed by atoms with Gasteiger partial charge in [-0.15, -0.1) is 0 Å². The van der Waals surface area contributed by atoms with Gasteiger partial charge in [0.15, 0.2) is 6.10 Å². The Labute approximate surface area is 182 Å². The fourth-order valence-electron chi connectivity index (χ4n) is 5.91. The largest absolute Gasteiger partial charge is 0.458 e. The minimum Gasteiger partial charge on any atom is -0.458 e. The zero-order chi connectivity index (χ0) is 23.0. The van der Waals surface area contributed by atoms with Crippen molar-refractivity contribution in [2.24, 2.45) is 22.7 Å². The van der Waals surface area contributed by atoms with Gasteiger partial charge in [-0.25, -0.2) is 4.79 Å². The molecule has 1 heterocycles. The average molecular weight is 439 g/mol. The van der Waals surface area contributed by atoms with Crippen molar-refractivity contribution in [1.82, 2.24) is 0 Å². The summed E-state index contributed by atoms with van der Waals surface area (Å²) in [6.45, 7) is 5.88. The van der Waals surface area contributed by atoms with Crippen LogP contribution in [0.25, 0.3) is 0 Å². The Balaban J connectivity index is 1.86. The van der Waals surface area contributed by atoms with E-state index in [9.17, 15) is 29.7 Å². The maximum Gasteiger partial charge on any atom is 0.335 e. The molecule has 1 saturated carbocycles. The first-order valence-corrected chi connectivity index (χ1v) is 11.2. The molecule has 2 fully saturated rings. The van der Waals surface area contributed by atoms with Crippen LogP contribution in [0.1, 0.15) is 65.7 Å². The molecule has 0 amide bonds. The Hall–Kier alpha value is -1.77. The standard InChI is InChI=1S/C23H34O8/c1-4-5-6-7-8-14(25)19(27)30-15-11-22(2,3)16-10-9-13(12-24)17-20(28)31-21(29)23(16,17)18(15)26/h9,12,14-18,20,25-26,28H,4-8,10-11H2,1-3H3/t14-,15-,16-,17+,18-,20-,23+/m0/s1. The Bertz CT molecular complexity index is 744. The molecule has 0 bridgehead atoms. The van der Waals surface area contributed by atoms with Gasteiger partial charge in [-0.3, -0.25) is 9.59 Å². The smallest absolute Gasteiger partial charge is 0.335 e. The number of hydrogen-bond donors (Lipinski definition) is 3. The maximum atomic E-state index is 13.0. The average Bonchev–Trinajstić information content (AvgIpc) is 2.99. The molecule has 8 heteroatoms. The summed E-state index contributed by atoms with van der Waals surface area (Å²) >= 11 is 0.